The van der Waals surface area contributed by atoms with Gasteiger partial charge in [-0.2, -0.15) is 4.39 Å². The van der Waals surface area contributed by atoms with E-state index in [0.717, 1.165) is 12.1 Å². The van der Waals surface area contributed by atoms with E-state index in [0.29, 0.717) is 6.07 Å². The summed E-state index contributed by atoms with van der Waals surface area (Å²) in [6.07, 6.45) is 0. The number of rotatable bonds is 2. The minimum absolute atomic E-state index is 0.153. The first-order chi connectivity index (χ1) is 9.32. The quantitative estimate of drug-likeness (QED) is 0.514. The summed E-state index contributed by atoms with van der Waals surface area (Å²) in [6.45, 7) is 0. The molecule has 1 heterocycles. The van der Waals surface area contributed by atoms with Crippen LogP contribution in [0.1, 0.15) is 0 Å². The second kappa shape index (κ2) is 4.85. The lowest BCUT2D eigenvalue weighted by Crippen LogP contribution is -2.36. The smallest absolute Gasteiger partial charge is 0.295 e. The van der Waals surface area contributed by atoms with E-state index in [1.165, 1.54) is 0 Å². The molecule has 7 nitrogen and oxygen atoms in total. The summed E-state index contributed by atoms with van der Waals surface area (Å²) in [4.78, 5) is 34.5. The Bertz CT molecular complexity index is 830. The van der Waals surface area contributed by atoms with Crippen LogP contribution < -0.4 is 11.2 Å². The zero-order valence-electron chi connectivity index (χ0n) is 9.39. The van der Waals surface area contributed by atoms with Gasteiger partial charge in [-0.3, -0.25) is 19.9 Å². The number of nitro benzene ring substituents is 1. The predicted octanol–water partition coefficient (Wildman–Crippen LogP) is 1.37. The standard InChI is InChI=1S/C10H4ClF2N3O4/c11-8-7(13)9(17)15(10(18)14-8)6-2-1-4(16(19)20)3-5(6)12/h1-3H,(H,14,18). The third-order valence-corrected chi connectivity index (χ3v) is 2.65. The van der Waals surface area contributed by atoms with Crippen LogP contribution in [0, 0.1) is 21.7 Å². The first kappa shape index (κ1) is 13.9. The maximum atomic E-state index is 13.7. The zero-order chi connectivity index (χ0) is 15.0. The van der Waals surface area contributed by atoms with Gasteiger partial charge in [-0.1, -0.05) is 11.6 Å². The molecule has 1 aromatic heterocycles. The van der Waals surface area contributed by atoms with Gasteiger partial charge in [0.1, 0.15) is 0 Å². The van der Waals surface area contributed by atoms with Crippen LogP contribution in [0.4, 0.5) is 14.5 Å². The monoisotopic (exact) mass is 303 g/mol. The summed E-state index contributed by atoms with van der Waals surface area (Å²) in [7, 11) is 0. The molecular formula is C10H4ClF2N3O4. The van der Waals surface area contributed by atoms with Gasteiger partial charge in [0.05, 0.1) is 16.7 Å². The van der Waals surface area contributed by atoms with E-state index >= 15 is 0 Å². The first-order valence-electron chi connectivity index (χ1n) is 4.97. The topological polar surface area (TPSA) is 98.0 Å². The molecule has 0 fully saturated rings. The number of nitro groups is 1. The van der Waals surface area contributed by atoms with E-state index in [1.54, 1.807) is 0 Å². The SMILES string of the molecule is O=c1[nH]c(Cl)c(F)c(=O)n1-c1ccc([N+](=O)[O-])cc1F. The Morgan fingerprint density at radius 3 is 2.50 bits per heavy atom. The van der Waals surface area contributed by atoms with Crippen molar-refractivity contribution in [2.45, 2.75) is 0 Å². The minimum atomic E-state index is -1.47. The van der Waals surface area contributed by atoms with Gasteiger partial charge in [0.15, 0.2) is 11.0 Å². The summed E-state index contributed by atoms with van der Waals surface area (Å²) in [5.74, 6) is -2.70. The summed E-state index contributed by atoms with van der Waals surface area (Å²) in [5.41, 5.74) is -3.84. The fraction of sp³-hybridized carbons (Fsp3) is 0. The van der Waals surface area contributed by atoms with Crippen LogP contribution in [0.5, 0.6) is 0 Å². The predicted molar refractivity (Wildman–Crippen MR) is 64.2 cm³/mol. The van der Waals surface area contributed by atoms with E-state index in [2.05, 4.69) is 0 Å². The number of aromatic nitrogens is 2. The molecule has 104 valence electrons. The van der Waals surface area contributed by atoms with Crippen LogP contribution in [0.2, 0.25) is 5.15 Å². The molecule has 0 bridgehead atoms. The second-order valence-electron chi connectivity index (χ2n) is 3.59. The van der Waals surface area contributed by atoms with Gasteiger partial charge < -0.3 is 0 Å². The molecule has 0 saturated heterocycles. The molecule has 0 unspecified atom stereocenters. The Morgan fingerprint density at radius 2 is 1.95 bits per heavy atom. The van der Waals surface area contributed by atoms with Crippen molar-refractivity contribution in [3.8, 4) is 5.69 Å². The van der Waals surface area contributed by atoms with Crippen molar-refractivity contribution in [2.24, 2.45) is 0 Å². The average Bonchev–Trinajstić information content (AvgIpc) is 2.37. The highest BCUT2D eigenvalue weighted by molar-refractivity contribution is 6.29. The Kier molecular flexibility index (Phi) is 3.36. The molecule has 20 heavy (non-hydrogen) atoms. The zero-order valence-corrected chi connectivity index (χ0v) is 10.1. The molecule has 0 amide bonds. The van der Waals surface area contributed by atoms with Crippen LogP contribution in [0.3, 0.4) is 0 Å². The number of benzene rings is 1. The van der Waals surface area contributed by atoms with Gasteiger partial charge in [-0.25, -0.2) is 13.8 Å². The Hall–Kier alpha value is -2.55. The number of non-ortho nitro benzene ring substituents is 1. The van der Waals surface area contributed by atoms with Gasteiger partial charge in [-0.05, 0) is 6.07 Å². The fourth-order valence-corrected chi connectivity index (χ4v) is 1.66. The lowest BCUT2D eigenvalue weighted by molar-refractivity contribution is -0.385. The number of H-pyrrole nitrogens is 1. The largest absolute Gasteiger partial charge is 0.334 e. The van der Waals surface area contributed by atoms with E-state index in [-0.39, 0.29) is 4.57 Å². The summed E-state index contributed by atoms with van der Waals surface area (Å²) in [6, 6.07) is 2.20. The lowest BCUT2D eigenvalue weighted by atomic mass is 10.2. The molecule has 0 aliphatic rings. The van der Waals surface area contributed by atoms with E-state index in [9.17, 15) is 28.5 Å². The second-order valence-corrected chi connectivity index (χ2v) is 3.97. The van der Waals surface area contributed by atoms with Crippen molar-refractivity contribution in [1.82, 2.24) is 9.55 Å². The summed E-state index contributed by atoms with van der Waals surface area (Å²) in [5, 5.41) is 9.65. The third kappa shape index (κ3) is 2.18. The lowest BCUT2D eigenvalue weighted by Gasteiger charge is -2.06. The third-order valence-electron chi connectivity index (χ3n) is 2.39. The molecule has 0 saturated carbocycles. The average molecular weight is 304 g/mol. The highest BCUT2D eigenvalue weighted by Gasteiger charge is 2.18. The molecule has 0 spiro atoms. The minimum Gasteiger partial charge on any atom is -0.295 e. The van der Waals surface area contributed by atoms with Crippen LogP contribution in [0.25, 0.3) is 5.69 Å². The van der Waals surface area contributed by atoms with E-state index < -0.39 is 44.3 Å². The van der Waals surface area contributed by atoms with Crippen LogP contribution in [-0.2, 0) is 0 Å². The van der Waals surface area contributed by atoms with Crippen molar-refractivity contribution < 1.29 is 13.7 Å². The van der Waals surface area contributed by atoms with E-state index in [4.69, 9.17) is 11.6 Å². The number of hydrogen-bond donors (Lipinski definition) is 1. The van der Waals surface area contributed by atoms with Crippen molar-refractivity contribution in [1.29, 1.82) is 0 Å². The first-order valence-corrected chi connectivity index (χ1v) is 5.35. The maximum Gasteiger partial charge on any atom is 0.334 e. The molecule has 0 atom stereocenters. The van der Waals surface area contributed by atoms with Gasteiger partial charge in [0.25, 0.3) is 11.2 Å². The van der Waals surface area contributed by atoms with Crippen LogP contribution >= 0.6 is 11.6 Å². The number of nitrogens with one attached hydrogen (secondary N) is 1. The fourth-order valence-electron chi connectivity index (χ4n) is 1.50. The molecule has 0 radical (unpaired) electrons. The van der Waals surface area contributed by atoms with Crippen molar-refractivity contribution in [3.05, 3.63) is 65.9 Å². The molecule has 2 rings (SSSR count). The van der Waals surface area contributed by atoms with Crippen molar-refractivity contribution >= 4 is 17.3 Å². The van der Waals surface area contributed by atoms with Gasteiger partial charge in [0, 0.05) is 6.07 Å². The molecule has 0 aliphatic heterocycles. The van der Waals surface area contributed by atoms with Gasteiger partial charge in [-0.15, -0.1) is 0 Å². The van der Waals surface area contributed by atoms with Crippen LogP contribution in [-0.4, -0.2) is 14.5 Å². The molecular weight excluding hydrogens is 300 g/mol. The van der Waals surface area contributed by atoms with Crippen molar-refractivity contribution in [3.63, 3.8) is 0 Å². The Balaban J connectivity index is 2.76. The van der Waals surface area contributed by atoms with Gasteiger partial charge in [0.2, 0.25) is 5.82 Å². The molecule has 2 aromatic rings. The maximum absolute atomic E-state index is 13.7. The highest BCUT2D eigenvalue weighted by atomic mass is 35.5. The highest BCUT2D eigenvalue weighted by Crippen LogP contribution is 2.18. The number of halogens is 3. The summed E-state index contributed by atoms with van der Waals surface area (Å²) < 4.78 is 27.2. The molecule has 0 aliphatic carbocycles. The Morgan fingerprint density at radius 1 is 1.30 bits per heavy atom. The molecule has 1 N–H and O–H groups in total. The van der Waals surface area contributed by atoms with Crippen molar-refractivity contribution in [2.75, 3.05) is 0 Å². The normalized spacial score (nSPS) is 10.6. The number of hydrogen-bond acceptors (Lipinski definition) is 4. The molecule has 10 heteroatoms. The van der Waals surface area contributed by atoms with Gasteiger partial charge >= 0.3 is 5.69 Å². The van der Waals surface area contributed by atoms with E-state index in [1.807, 2.05) is 4.98 Å². The molecule has 1 aromatic carbocycles. The number of nitrogens with zero attached hydrogens (tertiary/aromatic N) is 2. The van der Waals surface area contributed by atoms with Crippen LogP contribution in [0.15, 0.2) is 27.8 Å². The number of aromatic amines is 1. The summed E-state index contributed by atoms with van der Waals surface area (Å²) >= 11 is 5.26. The Labute approximate surface area is 113 Å².